The molecule has 2 amide bonds. The second-order valence-corrected chi connectivity index (χ2v) is 11.2. The molecule has 0 aliphatic carbocycles. The van der Waals surface area contributed by atoms with Gasteiger partial charge in [-0.25, -0.2) is 4.79 Å². The Labute approximate surface area is 258 Å². The Morgan fingerprint density at radius 3 is 2.36 bits per heavy atom. The van der Waals surface area contributed by atoms with Crippen LogP contribution in [0.2, 0.25) is 0 Å². The number of nitrogens with one attached hydrogen (secondary N) is 2. The van der Waals surface area contributed by atoms with E-state index in [9.17, 15) is 14.7 Å². The number of benzene rings is 3. The molecule has 0 saturated carbocycles. The molecule has 2 saturated heterocycles. The van der Waals surface area contributed by atoms with E-state index in [-0.39, 0.29) is 32.0 Å². The number of esters is 1. The average molecular weight is 603 g/mol. The van der Waals surface area contributed by atoms with Gasteiger partial charge in [0.25, 0.3) is 0 Å². The first-order valence-corrected chi connectivity index (χ1v) is 15.3. The van der Waals surface area contributed by atoms with Crippen molar-refractivity contribution in [1.29, 1.82) is 0 Å². The van der Waals surface area contributed by atoms with Crippen molar-refractivity contribution in [3.8, 4) is 0 Å². The van der Waals surface area contributed by atoms with E-state index in [2.05, 4.69) is 50.8 Å². The quantitative estimate of drug-likeness (QED) is 0.280. The maximum Gasteiger partial charge on any atom is 0.325 e. The second kappa shape index (κ2) is 15.8. The van der Waals surface area contributed by atoms with Gasteiger partial charge >= 0.3 is 12.0 Å². The third kappa shape index (κ3) is 9.10. The number of carbonyl (C=O) groups excluding carboxylic acids is 2. The lowest BCUT2D eigenvalue weighted by Gasteiger charge is -2.41. The number of aliphatic hydroxyl groups is 1. The highest BCUT2D eigenvalue weighted by Crippen LogP contribution is 2.38. The molecule has 2 fully saturated rings. The van der Waals surface area contributed by atoms with Gasteiger partial charge < -0.3 is 30.0 Å². The SMILES string of the molecule is CCOC(=O)CNC(=O)Nc1cccc(C2OC(CN3CCN(Cc4ccccc4)CC3)CC(c3ccc(CO)cc3)O2)c1. The fourth-order valence-corrected chi connectivity index (χ4v) is 5.60. The van der Waals surface area contributed by atoms with Crippen LogP contribution in [0.3, 0.4) is 0 Å². The first-order valence-electron chi connectivity index (χ1n) is 15.3. The first-order chi connectivity index (χ1) is 21.5. The van der Waals surface area contributed by atoms with Crippen LogP contribution in [-0.2, 0) is 32.2 Å². The summed E-state index contributed by atoms with van der Waals surface area (Å²) in [6, 6.07) is 25.3. The first kappa shape index (κ1) is 31.6. The van der Waals surface area contributed by atoms with Gasteiger partial charge in [-0.2, -0.15) is 0 Å². The van der Waals surface area contributed by atoms with Gasteiger partial charge in [0, 0.05) is 56.9 Å². The van der Waals surface area contributed by atoms with Gasteiger partial charge in [0.2, 0.25) is 0 Å². The summed E-state index contributed by atoms with van der Waals surface area (Å²) in [5.41, 5.74) is 4.54. The number of hydrogen-bond acceptors (Lipinski definition) is 8. The summed E-state index contributed by atoms with van der Waals surface area (Å²) < 4.78 is 17.9. The van der Waals surface area contributed by atoms with Gasteiger partial charge in [-0.3, -0.25) is 14.6 Å². The predicted molar refractivity (Wildman–Crippen MR) is 167 cm³/mol. The van der Waals surface area contributed by atoms with Gasteiger partial charge in [0.05, 0.1) is 25.4 Å². The van der Waals surface area contributed by atoms with Gasteiger partial charge in [-0.1, -0.05) is 66.7 Å². The number of urea groups is 1. The predicted octanol–water partition coefficient (Wildman–Crippen LogP) is 4.23. The van der Waals surface area contributed by atoms with E-state index in [1.165, 1.54) is 5.56 Å². The lowest BCUT2D eigenvalue weighted by molar-refractivity contribution is -0.253. The van der Waals surface area contributed by atoms with Crippen LogP contribution in [0, 0.1) is 0 Å². The Kier molecular flexibility index (Phi) is 11.3. The molecule has 2 heterocycles. The van der Waals surface area contributed by atoms with Crippen molar-refractivity contribution in [1.82, 2.24) is 15.1 Å². The molecule has 3 aromatic rings. The van der Waals surface area contributed by atoms with Crippen LogP contribution in [0.4, 0.5) is 10.5 Å². The molecular weight excluding hydrogens is 560 g/mol. The van der Waals surface area contributed by atoms with Crippen molar-refractivity contribution in [2.45, 2.75) is 45.0 Å². The van der Waals surface area contributed by atoms with E-state index in [4.69, 9.17) is 14.2 Å². The fourth-order valence-electron chi connectivity index (χ4n) is 5.60. The molecule has 0 spiro atoms. The van der Waals surface area contributed by atoms with E-state index < -0.39 is 18.3 Å². The molecule has 3 N–H and O–H groups in total. The normalized spacial score (nSPS) is 21.0. The minimum atomic E-state index is -0.639. The summed E-state index contributed by atoms with van der Waals surface area (Å²) >= 11 is 0. The van der Waals surface area contributed by atoms with Crippen LogP contribution in [0.25, 0.3) is 0 Å². The van der Waals surface area contributed by atoms with E-state index in [0.29, 0.717) is 12.1 Å². The molecule has 0 aromatic heterocycles. The maximum atomic E-state index is 12.4. The van der Waals surface area contributed by atoms with Crippen LogP contribution < -0.4 is 10.6 Å². The summed E-state index contributed by atoms with van der Waals surface area (Å²) in [7, 11) is 0. The highest BCUT2D eigenvalue weighted by Gasteiger charge is 2.34. The second-order valence-electron chi connectivity index (χ2n) is 11.2. The minimum Gasteiger partial charge on any atom is -0.465 e. The van der Waals surface area contributed by atoms with Gasteiger partial charge in [-0.05, 0) is 35.7 Å². The Hall–Kier alpha value is -3.80. The zero-order chi connectivity index (χ0) is 30.7. The van der Waals surface area contributed by atoms with E-state index in [1.807, 2.05) is 42.5 Å². The highest BCUT2D eigenvalue weighted by molar-refractivity contribution is 5.91. The number of amides is 2. The lowest BCUT2D eigenvalue weighted by atomic mass is 9.99. The molecule has 3 aromatic carbocycles. The van der Waals surface area contributed by atoms with Gasteiger partial charge in [0.1, 0.15) is 6.54 Å². The number of hydrogen-bond donors (Lipinski definition) is 3. The Morgan fingerprint density at radius 1 is 0.886 bits per heavy atom. The van der Waals surface area contributed by atoms with Gasteiger partial charge in [-0.15, -0.1) is 0 Å². The van der Waals surface area contributed by atoms with Crippen molar-refractivity contribution in [3.05, 3.63) is 101 Å². The Morgan fingerprint density at radius 2 is 1.64 bits per heavy atom. The molecule has 0 radical (unpaired) electrons. The van der Waals surface area contributed by atoms with Crippen LogP contribution in [-0.4, -0.2) is 78.9 Å². The summed E-state index contributed by atoms with van der Waals surface area (Å²) in [6.45, 7) is 7.42. The third-order valence-corrected chi connectivity index (χ3v) is 7.91. The molecule has 10 heteroatoms. The molecule has 0 bridgehead atoms. The molecule has 3 unspecified atom stereocenters. The monoisotopic (exact) mass is 602 g/mol. The van der Waals surface area contributed by atoms with Crippen molar-refractivity contribution < 1.29 is 28.9 Å². The number of nitrogens with zero attached hydrogens (tertiary/aromatic N) is 2. The minimum absolute atomic E-state index is 0.0103. The standard InChI is InChI=1S/C34H42N4O6/c1-2-42-32(40)21-35-34(41)36-29-10-6-9-28(19-29)33-43-30(20-31(44-33)27-13-11-26(24-39)12-14-27)23-38-17-15-37(16-18-38)22-25-7-4-3-5-8-25/h3-14,19,30-31,33,39H,2,15-18,20-24H2,1H3,(H2,35,36,41). The molecule has 2 aliphatic heterocycles. The number of piperazine rings is 1. The number of anilines is 1. The number of rotatable bonds is 11. The summed E-state index contributed by atoms with van der Waals surface area (Å²) in [5, 5.41) is 14.8. The topological polar surface area (TPSA) is 113 Å². The molecule has 5 rings (SSSR count). The Balaban J connectivity index is 1.24. The van der Waals surface area contributed by atoms with Crippen LogP contribution in [0.5, 0.6) is 0 Å². The van der Waals surface area contributed by atoms with E-state index in [0.717, 1.165) is 56.0 Å². The summed E-state index contributed by atoms with van der Waals surface area (Å²) in [6.07, 6.45) is -0.204. The number of ether oxygens (including phenoxy) is 3. The molecule has 2 aliphatic rings. The molecule has 234 valence electrons. The van der Waals surface area contributed by atoms with Crippen LogP contribution in [0.1, 0.15) is 48.0 Å². The molecule has 10 nitrogen and oxygen atoms in total. The molecule has 3 atom stereocenters. The molecular formula is C34H42N4O6. The van der Waals surface area contributed by atoms with Crippen molar-refractivity contribution >= 4 is 17.7 Å². The number of carbonyl (C=O) groups is 2. The Bertz CT molecular complexity index is 1350. The van der Waals surface area contributed by atoms with E-state index in [1.54, 1.807) is 13.0 Å². The third-order valence-electron chi connectivity index (χ3n) is 7.91. The van der Waals surface area contributed by atoms with Crippen LogP contribution >= 0.6 is 0 Å². The van der Waals surface area contributed by atoms with Crippen molar-refractivity contribution in [2.24, 2.45) is 0 Å². The van der Waals surface area contributed by atoms with Crippen molar-refractivity contribution in [3.63, 3.8) is 0 Å². The van der Waals surface area contributed by atoms with Gasteiger partial charge in [0.15, 0.2) is 6.29 Å². The highest BCUT2D eigenvalue weighted by atomic mass is 16.7. The zero-order valence-electron chi connectivity index (χ0n) is 25.2. The smallest absolute Gasteiger partial charge is 0.325 e. The van der Waals surface area contributed by atoms with Crippen molar-refractivity contribution in [2.75, 3.05) is 51.2 Å². The lowest BCUT2D eigenvalue weighted by Crippen LogP contribution is -2.49. The number of aliphatic hydroxyl groups excluding tert-OH is 1. The summed E-state index contributed by atoms with van der Waals surface area (Å²) in [5.74, 6) is -0.498. The maximum absolute atomic E-state index is 12.4. The zero-order valence-corrected chi connectivity index (χ0v) is 25.2. The fraction of sp³-hybridized carbons (Fsp3) is 0.412. The van der Waals surface area contributed by atoms with Crippen LogP contribution in [0.15, 0.2) is 78.9 Å². The largest absolute Gasteiger partial charge is 0.465 e. The molecule has 44 heavy (non-hydrogen) atoms. The summed E-state index contributed by atoms with van der Waals surface area (Å²) in [4.78, 5) is 28.9. The van der Waals surface area contributed by atoms with E-state index >= 15 is 0 Å². The average Bonchev–Trinajstić information content (AvgIpc) is 3.05.